The number of hydrogen-bond acceptors (Lipinski definition) is 5. The second-order valence-corrected chi connectivity index (χ2v) is 7.49. The van der Waals surface area contributed by atoms with Gasteiger partial charge in [-0.1, -0.05) is 11.8 Å². The minimum atomic E-state index is -3.81. The Hall–Kier alpha value is -1.09. The summed E-state index contributed by atoms with van der Waals surface area (Å²) in [7, 11) is -3.81. The number of nitrogens with zero attached hydrogens (tertiary/aromatic N) is 1. The first kappa shape index (κ1) is 15.3. The van der Waals surface area contributed by atoms with Crippen LogP contribution in [0.3, 0.4) is 0 Å². The lowest BCUT2D eigenvalue weighted by molar-refractivity contribution is 0.597. The van der Waals surface area contributed by atoms with Crippen molar-refractivity contribution in [3.63, 3.8) is 0 Å². The second kappa shape index (κ2) is 5.72. The standard InChI is InChI=1S/C12H12BrN3O2S2/c1-7-10(19-12-9(13)3-2-4-16-12)5-8(14)6-11(7)20(15,17)18/h2-6H,14H2,1H3,(H2,15,17,18). The summed E-state index contributed by atoms with van der Waals surface area (Å²) >= 11 is 4.72. The fraction of sp³-hybridized carbons (Fsp3) is 0.0833. The zero-order valence-electron chi connectivity index (χ0n) is 10.5. The molecule has 0 saturated carbocycles. The Morgan fingerprint density at radius 3 is 2.65 bits per heavy atom. The van der Waals surface area contributed by atoms with Crippen LogP contribution in [0.5, 0.6) is 0 Å². The molecule has 0 saturated heterocycles. The number of pyridine rings is 1. The summed E-state index contributed by atoms with van der Waals surface area (Å²) in [6.45, 7) is 1.69. The second-order valence-electron chi connectivity index (χ2n) is 4.08. The highest BCUT2D eigenvalue weighted by molar-refractivity contribution is 9.10. The molecule has 0 fully saturated rings. The number of aromatic nitrogens is 1. The van der Waals surface area contributed by atoms with E-state index in [9.17, 15) is 8.42 Å². The van der Waals surface area contributed by atoms with Gasteiger partial charge in [-0.15, -0.1) is 0 Å². The summed E-state index contributed by atoms with van der Waals surface area (Å²) in [6, 6.07) is 6.73. The molecule has 0 bridgehead atoms. The van der Waals surface area contributed by atoms with E-state index in [1.54, 1.807) is 25.3 Å². The molecule has 1 aromatic heterocycles. The van der Waals surface area contributed by atoms with Crippen LogP contribution in [0, 0.1) is 6.92 Å². The topological polar surface area (TPSA) is 99.1 Å². The van der Waals surface area contributed by atoms with Crippen molar-refractivity contribution in [3.8, 4) is 0 Å². The van der Waals surface area contributed by atoms with Gasteiger partial charge in [-0.25, -0.2) is 18.5 Å². The SMILES string of the molecule is Cc1c(Sc2ncccc2Br)cc(N)cc1S(N)(=O)=O. The van der Waals surface area contributed by atoms with Crippen LogP contribution in [-0.2, 0) is 10.0 Å². The highest BCUT2D eigenvalue weighted by Gasteiger charge is 2.17. The summed E-state index contributed by atoms with van der Waals surface area (Å²) in [5.74, 6) is 0. The highest BCUT2D eigenvalue weighted by Crippen LogP contribution is 2.36. The van der Waals surface area contributed by atoms with E-state index in [0.717, 1.165) is 9.50 Å². The van der Waals surface area contributed by atoms with Crippen molar-refractivity contribution < 1.29 is 8.42 Å². The molecule has 2 rings (SSSR count). The minimum Gasteiger partial charge on any atom is -0.399 e. The van der Waals surface area contributed by atoms with Crippen molar-refractivity contribution in [1.82, 2.24) is 4.98 Å². The third-order valence-corrected chi connectivity index (χ3v) is 5.67. The van der Waals surface area contributed by atoms with E-state index in [2.05, 4.69) is 20.9 Å². The van der Waals surface area contributed by atoms with E-state index in [4.69, 9.17) is 10.9 Å². The van der Waals surface area contributed by atoms with Crippen LogP contribution in [0.1, 0.15) is 5.56 Å². The van der Waals surface area contributed by atoms with Crippen molar-refractivity contribution in [1.29, 1.82) is 0 Å². The van der Waals surface area contributed by atoms with Gasteiger partial charge in [0.25, 0.3) is 0 Å². The Bertz CT molecular complexity index is 763. The molecule has 20 heavy (non-hydrogen) atoms. The fourth-order valence-corrected chi connectivity index (χ4v) is 3.98. The smallest absolute Gasteiger partial charge is 0.238 e. The van der Waals surface area contributed by atoms with E-state index < -0.39 is 10.0 Å². The first-order chi connectivity index (χ1) is 9.29. The zero-order chi connectivity index (χ0) is 14.9. The Kier molecular flexibility index (Phi) is 4.38. The summed E-state index contributed by atoms with van der Waals surface area (Å²) < 4.78 is 24.0. The predicted octanol–water partition coefficient (Wildman–Crippen LogP) is 2.53. The Morgan fingerprint density at radius 2 is 2.05 bits per heavy atom. The molecule has 0 aliphatic rings. The van der Waals surface area contributed by atoms with Crippen molar-refractivity contribution in [2.75, 3.05) is 5.73 Å². The van der Waals surface area contributed by atoms with Crippen molar-refractivity contribution >= 4 is 43.4 Å². The molecular formula is C12H12BrN3O2S2. The molecule has 0 spiro atoms. The summed E-state index contributed by atoms with van der Waals surface area (Å²) in [6.07, 6.45) is 1.66. The maximum Gasteiger partial charge on any atom is 0.238 e. The van der Waals surface area contributed by atoms with Crippen LogP contribution in [0.25, 0.3) is 0 Å². The number of sulfonamides is 1. The summed E-state index contributed by atoms with van der Waals surface area (Å²) in [5.41, 5.74) is 6.65. The van der Waals surface area contributed by atoms with E-state index in [1.807, 2.05) is 6.07 Å². The van der Waals surface area contributed by atoms with Gasteiger partial charge in [-0.3, -0.25) is 0 Å². The van der Waals surface area contributed by atoms with Gasteiger partial charge in [-0.05, 0) is 52.7 Å². The van der Waals surface area contributed by atoms with Crippen molar-refractivity contribution in [3.05, 3.63) is 40.5 Å². The third-order valence-electron chi connectivity index (χ3n) is 2.57. The highest BCUT2D eigenvalue weighted by atomic mass is 79.9. The van der Waals surface area contributed by atoms with Gasteiger partial charge >= 0.3 is 0 Å². The third kappa shape index (κ3) is 3.32. The molecule has 4 N–H and O–H groups in total. The lowest BCUT2D eigenvalue weighted by Gasteiger charge is -2.11. The number of rotatable bonds is 3. The molecule has 0 amide bonds. The number of anilines is 1. The van der Waals surface area contributed by atoms with Crippen molar-refractivity contribution in [2.45, 2.75) is 21.7 Å². The number of nitrogen functional groups attached to an aromatic ring is 1. The van der Waals surface area contributed by atoms with Crippen LogP contribution in [0.4, 0.5) is 5.69 Å². The molecule has 0 atom stereocenters. The Balaban J connectivity index is 2.54. The van der Waals surface area contributed by atoms with Gasteiger partial charge in [0.2, 0.25) is 10.0 Å². The van der Waals surface area contributed by atoms with Crippen LogP contribution in [0.2, 0.25) is 0 Å². The van der Waals surface area contributed by atoms with E-state index >= 15 is 0 Å². The molecule has 2 aromatic rings. The van der Waals surface area contributed by atoms with Gasteiger partial charge in [0, 0.05) is 16.8 Å². The van der Waals surface area contributed by atoms with Gasteiger partial charge < -0.3 is 5.73 Å². The van der Waals surface area contributed by atoms with Gasteiger partial charge in [0.1, 0.15) is 5.03 Å². The monoisotopic (exact) mass is 373 g/mol. The molecule has 1 aromatic carbocycles. The fourth-order valence-electron chi connectivity index (χ4n) is 1.63. The average Bonchev–Trinajstić information content (AvgIpc) is 2.34. The predicted molar refractivity (Wildman–Crippen MR) is 83.0 cm³/mol. The minimum absolute atomic E-state index is 0.0343. The molecule has 0 radical (unpaired) electrons. The number of nitrogens with two attached hydrogens (primary N) is 2. The molecule has 5 nitrogen and oxygen atoms in total. The van der Waals surface area contributed by atoms with Crippen LogP contribution in [0.15, 0.2) is 49.8 Å². The first-order valence-electron chi connectivity index (χ1n) is 5.50. The maximum atomic E-state index is 11.6. The number of benzene rings is 1. The Morgan fingerprint density at radius 1 is 1.35 bits per heavy atom. The number of halogens is 1. The van der Waals surface area contributed by atoms with E-state index in [-0.39, 0.29) is 4.90 Å². The summed E-state index contributed by atoms with van der Waals surface area (Å²) in [5, 5.41) is 5.92. The van der Waals surface area contributed by atoms with E-state index in [1.165, 1.54) is 17.8 Å². The van der Waals surface area contributed by atoms with Gasteiger partial charge in [0.15, 0.2) is 0 Å². The van der Waals surface area contributed by atoms with E-state index in [0.29, 0.717) is 16.1 Å². The molecule has 0 aliphatic heterocycles. The lowest BCUT2D eigenvalue weighted by Crippen LogP contribution is -2.14. The van der Waals surface area contributed by atoms with Crippen LogP contribution in [-0.4, -0.2) is 13.4 Å². The molecular weight excluding hydrogens is 362 g/mol. The average molecular weight is 374 g/mol. The quantitative estimate of drug-likeness (QED) is 0.805. The van der Waals surface area contributed by atoms with Crippen LogP contribution >= 0.6 is 27.7 Å². The normalized spacial score (nSPS) is 11.6. The largest absolute Gasteiger partial charge is 0.399 e. The van der Waals surface area contributed by atoms with Crippen molar-refractivity contribution in [2.24, 2.45) is 5.14 Å². The molecule has 0 aliphatic carbocycles. The molecule has 1 heterocycles. The molecule has 8 heteroatoms. The number of primary sulfonamides is 1. The van der Waals surface area contributed by atoms with Crippen LogP contribution < -0.4 is 10.9 Å². The van der Waals surface area contributed by atoms with Gasteiger partial charge in [-0.2, -0.15) is 0 Å². The maximum absolute atomic E-state index is 11.6. The Labute approximate surface area is 130 Å². The lowest BCUT2D eigenvalue weighted by atomic mass is 10.2. The zero-order valence-corrected chi connectivity index (χ0v) is 13.7. The number of hydrogen-bond donors (Lipinski definition) is 2. The summed E-state index contributed by atoms with van der Waals surface area (Å²) in [4.78, 5) is 4.97. The molecule has 106 valence electrons. The van der Waals surface area contributed by atoms with Gasteiger partial charge in [0.05, 0.1) is 9.37 Å². The molecule has 0 unspecified atom stereocenters. The first-order valence-corrected chi connectivity index (χ1v) is 8.66.